The first-order valence-electron chi connectivity index (χ1n) is 7.81. The van der Waals surface area contributed by atoms with Crippen LogP contribution in [-0.4, -0.2) is 22.4 Å². The molecule has 3 aromatic rings. The molecule has 3 rings (SSSR count). The molecular weight excluding hydrogens is 300 g/mol. The molecule has 2 aromatic carbocycles. The first kappa shape index (κ1) is 15.8. The van der Waals surface area contributed by atoms with Crippen LogP contribution in [-0.2, 0) is 7.05 Å². The fourth-order valence-electron chi connectivity index (χ4n) is 2.60. The minimum absolute atomic E-state index is 0.530. The first-order valence-corrected chi connectivity index (χ1v) is 7.81. The second-order valence-corrected chi connectivity index (χ2v) is 5.30. The highest BCUT2D eigenvalue weighted by molar-refractivity contribution is 5.80. The van der Waals surface area contributed by atoms with Crippen LogP contribution < -0.4 is 4.74 Å². The van der Waals surface area contributed by atoms with Crippen molar-refractivity contribution in [2.24, 2.45) is 12.0 Å². The quantitative estimate of drug-likeness (QED) is 0.668. The SMILES string of the molecule is CCOc1ccccc1N=CC(C#N)c1nc2ccccc2n1C. The number of nitriles is 1. The number of hydrogen-bond acceptors (Lipinski definition) is 4. The second-order valence-electron chi connectivity index (χ2n) is 5.30. The van der Waals surface area contributed by atoms with Crippen LogP contribution >= 0.6 is 0 Å². The maximum absolute atomic E-state index is 9.55. The third-order valence-corrected chi connectivity index (χ3v) is 3.77. The topological polar surface area (TPSA) is 63.2 Å². The normalized spacial score (nSPS) is 12.4. The van der Waals surface area contributed by atoms with Gasteiger partial charge < -0.3 is 9.30 Å². The lowest BCUT2D eigenvalue weighted by Gasteiger charge is -2.07. The van der Waals surface area contributed by atoms with Crippen molar-refractivity contribution in [2.75, 3.05) is 6.61 Å². The number of benzene rings is 2. The van der Waals surface area contributed by atoms with Crippen molar-refractivity contribution in [1.82, 2.24) is 9.55 Å². The minimum Gasteiger partial charge on any atom is -0.492 e. The van der Waals surface area contributed by atoms with Crippen LogP contribution in [0.5, 0.6) is 5.75 Å². The van der Waals surface area contributed by atoms with Gasteiger partial charge in [0, 0.05) is 13.3 Å². The molecule has 5 nitrogen and oxygen atoms in total. The van der Waals surface area contributed by atoms with Crippen molar-refractivity contribution in [3.05, 3.63) is 54.4 Å². The Kier molecular flexibility index (Phi) is 4.57. The lowest BCUT2D eigenvalue weighted by molar-refractivity contribution is 0.341. The van der Waals surface area contributed by atoms with Gasteiger partial charge in [-0.15, -0.1) is 0 Å². The maximum Gasteiger partial charge on any atom is 0.144 e. The molecule has 0 spiro atoms. The molecule has 24 heavy (non-hydrogen) atoms. The number of nitrogens with zero attached hydrogens (tertiary/aromatic N) is 4. The highest BCUT2D eigenvalue weighted by Gasteiger charge is 2.16. The van der Waals surface area contributed by atoms with Gasteiger partial charge in [0.2, 0.25) is 0 Å². The number of fused-ring (bicyclic) bond motifs is 1. The highest BCUT2D eigenvalue weighted by Crippen LogP contribution is 2.27. The van der Waals surface area contributed by atoms with E-state index in [0.717, 1.165) is 11.0 Å². The summed E-state index contributed by atoms with van der Waals surface area (Å²) >= 11 is 0. The fourth-order valence-corrected chi connectivity index (χ4v) is 2.60. The summed E-state index contributed by atoms with van der Waals surface area (Å²) in [5.74, 6) is 0.853. The van der Waals surface area contributed by atoms with E-state index in [1.807, 2.05) is 67.1 Å². The lowest BCUT2D eigenvalue weighted by Crippen LogP contribution is -2.05. The van der Waals surface area contributed by atoms with Gasteiger partial charge in [-0.25, -0.2) is 4.98 Å². The zero-order chi connectivity index (χ0) is 16.9. The van der Waals surface area contributed by atoms with Crippen LogP contribution in [0, 0.1) is 11.3 Å². The van der Waals surface area contributed by atoms with Crippen LogP contribution in [0.2, 0.25) is 0 Å². The number of aliphatic imine (C=N–C) groups is 1. The summed E-state index contributed by atoms with van der Waals surface area (Å²) in [4.78, 5) is 9.03. The van der Waals surface area contributed by atoms with E-state index in [4.69, 9.17) is 4.74 Å². The molecule has 1 heterocycles. The van der Waals surface area contributed by atoms with E-state index in [2.05, 4.69) is 16.0 Å². The molecule has 0 saturated carbocycles. The third kappa shape index (κ3) is 2.99. The molecule has 0 radical (unpaired) electrons. The highest BCUT2D eigenvalue weighted by atomic mass is 16.5. The number of para-hydroxylation sites is 4. The smallest absolute Gasteiger partial charge is 0.144 e. The van der Waals surface area contributed by atoms with Gasteiger partial charge in [-0.1, -0.05) is 24.3 Å². The predicted molar refractivity (Wildman–Crippen MR) is 94.8 cm³/mol. The van der Waals surface area contributed by atoms with E-state index < -0.39 is 5.92 Å². The molecule has 1 atom stereocenters. The number of rotatable bonds is 5. The van der Waals surface area contributed by atoms with Gasteiger partial charge in [0.05, 0.1) is 23.7 Å². The summed E-state index contributed by atoms with van der Waals surface area (Å²) < 4.78 is 7.50. The predicted octanol–water partition coefficient (Wildman–Crippen LogP) is 3.98. The number of aryl methyl sites for hydroxylation is 1. The number of aromatic nitrogens is 2. The summed E-state index contributed by atoms with van der Waals surface area (Å²) in [6.07, 6.45) is 1.62. The van der Waals surface area contributed by atoms with Crippen molar-refractivity contribution in [3.8, 4) is 11.8 Å². The maximum atomic E-state index is 9.55. The zero-order valence-electron chi connectivity index (χ0n) is 13.7. The Bertz CT molecular complexity index is 921. The van der Waals surface area contributed by atoms with Crippen molar-refractivity contribution in [3.63, 3.8) is 0 Å². The van der Waals surface area contributed by atoms with Gasteiger partial charge in [-0.05, 0) is 31.2 Å². The second kappa shape index (κ2) is 6.97. The van der Waals surface area contributed by atoms with Crippen LogP contribution in [0.15, 0.2) is 53.5 Å². The van der Waals surface area contributed by atoms with Crippen molar-refractivity contribution < 1.29 is 4.74 Å². The summed E-state index contributed by atoms with van der Waals surface area (Å²) in [6.45, 7) is 2.50. The number of ether oxygens (including phenoxy) is 1. The number of hydrogen-bond donors (Lipinski definition) is 0. The number of imidazole rings is 1. The molecule has 0 fully saturated rings. The summed E-state index contributed by atoms with van der Waals surface area (Å²) in [7, 11) is 1.91. The molecule has 0 saturated heterocycles. The van der Waals surface area contributed by atoms with Crippen molar-refractivity contribution >= 4 is 22.9 Å². The Morgan fingerprint density at radius 3 is 2.75 bits per heavy atom. The Morgan fingerprint density at radius 2 is 2.00 bits per heavy atom. The van der Waals surface area contributed by atoms with Gasteiger partial charge >= 0.3 is 0 Å². The molecule has 0 aliphatic rings. The summed E-state index contributed by atoms with van der Waals surface area (Å²) in [5, 5.41) is 9.55. The summed E-state index contributed by atoms with van der Waals surface area (Å²) in [6, 6.07) is 17.6. The lowest BCUT2D eigenvalue weighted by atomic mass is 10.2. The van der Waals surface area contributed by atoms with Crippen LogP contribution in [0.4, 0.5) is 5.69 Å². The molecule has 0 bridgehead atoms. The molecule has 0 aliphatic heterocycles. The third-order valence-electron chi connectivity index (χ3n) is 3.77. The van der Waals surface area contributed by atoms with E-state index in [1.54, 1.807) is 6.21 Å². The van der Waals surface area contributed by atoms with Crippen molar-refractivity contribution in [2.45, 2.75) is 12.8 Å². The average molecular weight is 318 g/mol. The van der Waals surface area contributed by atoms with Gasteiger partial charge in [0.15, 0.2) is 0 Å². The van der Waals surface area contributed by atoms with Crippen LogP contribution in [0.1, 0.15) is 18.7 Å². The van der Waals surface area contributed by atoms with Crippen molar-refractivity contribution in [1.29, 1.82) is 5.26 Å². The molecule has 1 aromatic heterocycles. The van der Waals surface area contributed by atoms with Gasteiger partial charge in [0.25, 0.3) is 0 Å². The molecule has 0 N–H and O–H groups in total. The molecule has 0 aliphatic carbocycles. The van der Waals surface area contributed by atoms with Gasteiger partial charge in [-0.3, -0.25) is 4.99 Å². The zero-order valence-corrected chi connectivity index (χ0v) is 13.7. The molecular formula is C19H18N4O. The monoisotopic (exact) mass is 318 g/mol. The van der Waals surface area contributed by atoms with Crippen LogP contribution in [0.3, 0.4) is 0 Å². The summed E-state index contributed by atoms with van der Waals surface area (Å²) in [5.41, 5.74) is 2.58. The van der Waals surface area contributed by atoms with Gasteiger partial charge in [0.1, 0.15) is 23.2 Å². The fraction of sp³-hybridized carbons (Fsp3) is 0.211. The van der Waals surface area contributed by atoms with E-state index in [0.29, 0.717) is 23.9 Å². The Balaban J connectivity index is 1.95. The minimum atomic E-state index is -0.530. The van der Waals surface area contributed by atoms with Gasteiger partial charge in [-0.2, -0.15) is 5.26 Å². The average Bonchev–Trinajstić information content (AvgIpc) is 2.94. The first-order chi connectivity index (χ1) is 11.7. The molecule has 0 amide bonds. The molecule has 120 valence electrons. The molecule has 1 unspecified atom stereocenters. The van der Waals surface area contributed by atoms with E-state index in [9.17, 15) is 5.26 Å². The van der Waals surface area contributed by atoms with Crippen LogP contribution in [0.25, 0.3) is 11.0 Å². The van der Waals surface area contributed by atoms with E-state index in [1.165, 1.54) is 0 Å². The molecule has 5 heteroatoms. The Morgan fingerprint density at radius 1 is 1.25 bits per heavy atom. The Hall–Kier alpha value is -3.13. The standard InChI is InChI=1S/C19H18N4O/c1-3-24-18-11-7-5-9-16(18)21-13-14(12-20)19-22-15-8-4-6-10-17(15)23(19)2/h4-11,13-14H,3H2,1-2H3. The Labute approximate surface area is 140 Å². The van der Waals surface area contributed by atoms with E-state index >= 15 is 0 Å². The largest absolute Gasteiger partial charge is 0.492 e. The van der Waals surface area contributed by atoms with E-state index in [-0.39, 0.29) is 0 Å².